The standard InChI is InChI=1S/C15H21N5/c1-16-13-11-14(17-9-10-20(2)3)19-15(18-13)12-7-5-4-6-8-12/h4-8,11H,9-10H2,1-3H3,(H2,16,17,18,19). The number of aromatic nitrogens is 2. The summed E-state index contributed by atoms with van der Waals surface area (Å²) in [4.78, 5) is 11.2. The van der Waals surface area contributed by atoms with E-state index in [1.165, 1.54) is 0 Å². The van der Waals surface area contributed by atoms with Crippen LogP contribution in [0, 0.1) is 0 Å². The summed E-state index contributed by atoms with van der Waals surface area (Å²) in [7, 11) is 5.97. The average Bonchev–Trinajstić information content (AvgIpc) is 2.47. The van der Waals surface area contributed by atoms with Gasteiger partial charge in [0.15, 0.2) is 5.82 Å². The van der Waals surface area contributed by atoms with E-state index >= 15 is 0 Å². The number of nitrogens with zero attached hydrogens (tertiary/aromatic N) is 3. The number of benzene rings is 1. The van der Waals surface area contributed by atoms with E-state index in [2.05, 4.69) is 39.6 Å². The predicted octanol–water partition coefficient (Wildman–Crippen LogP) is 2.16. The third-order valence-corrected chi connectivity index (χ3v) is 2.88. The minimum absolute atomic E-state index is 0.727. The van der Waals surface area contributed by atoms with Crippen LogP contribution in [0.1, 0.15) is 0 Å². The zero-order valence-electron chi connectivity index (χ0n) is 12.2. The highest BCUT2D eigenvalue weighted by Crippen LogP contribution is 2.19. The summed E-state index contributed by atoms with van der Waals surface area (Å²) >= 11 is 0. The van der Waals surface area contributed by atoms with Crippen molar-refractivity contribution >= 4 is 11.6 Å². The molecule has 1 aromatic heterocycles. The first kappa shape index (κ1) is 14.3. The Morgan fingerprint density at radius 1 is 1.05 bits per heavy atom. The van der Waals surface area contributed by atoms with Crippen molar-refractivity contribution in [2.24, 2.45) is 0 Å². The summed E-state index contributed by atoms with van der Waals surface area (Å²) in [5, 5.41) is 6.40. The molecule has 0 unspecified atom stereocenters. The zero-order chi connectivity index (χ0) is 14.4. The van der Waals surface area contributed by atoms with Gasteiger partial charge in [-0.25, -0.2) is 9.97 Å². The lowest BCUT2D eigenvalue weighted by atomic mass is 10.2. The summed E-state index contributed by atoms with van der Waals surface area (Å²) in [6.45, 7) is 1.81. The monoisotopic (exact) mass is 271 g/mol. The number of likely N-dealkylation sites (N-methyl/N-ethyl adjacent to an activating group) is 1. The Kier molecular flexibility index (Phi) is 4.90. The van der Waals surface area contributed by atoms with Crippen LogP contribution in [-0.4, -0.2) is 49.1 Å². The second-order valence-corrected chi connectivity index (χ2v) is 4.81. The summed E-state index contributed by atoms with van der Waals surface area (Å²) in [5.41, 5.74) is 1.01. The normalized spacial score (nSPS) is 10.6. The predicted molar refractivity (Wildman–Crippen MR) is 84.1 cm³/mol. The Bertz CT molecular complexity index is 539. The molecule has 0 aliphatic heterocycles. The molecule has 0 radical (unpaired) electrons. The summed E-state index contributed by atoms with van der Waals surface area (Å²) < 4.78 is 0. The molecule has 5 nitrogen and oxygen atoms in total. The highest BCUT2D eigenvalue weighted by molar-refractivity contribution is 5.61. The first-order chi connectivity index (χ1) is 9.69. The maximum absolute atomic E-state index is 4.57. The molecule has 0 aliphatic rings. The van der Waals surface area contributed by atoms with Gasteiger partial charge in [-0.1, -0.05) is 30.3 Å². The first-order valence-corrected chi connectivity index (χ1v) is 6.70. The molecule has 0 spiro atoms. The van der Waals surface area contributed by atoms with Gasteiger partial charge in [-0.05, 0) is 14.1 Å². The van der Waals surface area contributed by atoms with Gasteiger partial charge in [-0.15, -0.1) is 0 Å². The second kappa shape index (κ2) is 6.86. The quantitative estimate of drug-likeness (QED) is 0.843. The van der Waals surface area contributed by atoms with Crippen molar-refractivity contribution in [2.75, 3.05) is 44.9 Å². The maximum Gasteiger partial charge on any atom is 0.163 e. The van der Waals surface area contributed by atoms with Crippen molar-refractivity contribution in [2.45, 2.75) is 0 Å². The largest absolute Gasteiger partial charge is 0.373 e. The number of hydrogen-bond acceptors (Lipinski definition) is 5. The van der Waals surface area contributed by atoms with Crippen LogP contribution in [0.2, 0.25) is 0 Å². The highest BCUT2D eigenvalue weighted by atomic mass is 15.1. The minimum atomic E-state index is 0.727. The SMILES string of the molecule is CNc1cc(NCCN(C)C)nc(-c2ccccc2)n1. The molecule has 0 aliphatic carbocycles. The molecule has 1 heterocycles. The van der Waals surface area contributed by atoms with Gasteiger partial charge in [0.25, 0.3) is 0 Å². The number of hydrogen-bond donors (Lipinski definition) is 2. The van der Waals surface area contributed by atoms with E-state index in [-0.39, 0.29) is 0 Å². The molecular formula is C15H21N5. The fourth-order valence-electron chi connectivity index (χ4n) is 1.79. The van der Waals surface area contributed by atoms with Gasteiger partial charge in [-0.2, -0.15) is 0 Å². The number of anilines is 2. The Hall–Kier alpha value is -2.14. The molecule has 2 aromatic rings. The third-order valence-electron chi connectivity index (χ3n) is 2.88. The number of rotatable bonds is 6. The Balaban J connectivity index is 2.20. The first-order valence-electron chi connectivity index (χ1n) is 6.70. The lowest BCUT2D eigenvalue weighted by Gasteiger charge is -2.12. The van der Waals surface area contributed by atoms with Crippen LogP contribution in [0.4, 0.5) is 11.6 Å². The molecular weight excluding hydrogens is 250 g/mol. The van der Waals surface area contributed by atoms with Crippen LogP contribution < -0.4 is 10.6 Å². The lowest BCUT2D eigenvalue weighted by molar-refractivity contribution is 0.425. The van der Waals surface area contributed by atoms with E-state index in [1.54, 1.807) is 0 Å². The molecule has 2 rings (SSSR count). The zero-order valence-corrected chi connectivity index (χ0v) is 12.2. The fraction of sp³-hybridized carbons (Fsp3) is 0.333. The minimum Gasteiger partial charge on any atom is -0.373 e. The van der Waals surface area contributed by atoms with Gasteiger partial charge in [0.2, 0.25) is 0 Å². The molecule has 0 saturated heterocycles. The van der Waals surface area contributed by atoms with E-state index in [0.717, 1.165) is 36.1 Å². The number of nitrogens with one attached hydrogen (secondary N) is 2. The van der Waals surface area contributed by atoms with Crippen molar-refractivity contribution in [3.8, 4) is 11.4 Å². The second-order valence-electron chi connectivity index (χ2n) is 4.81. The summed E-state index contributed by atoms with van der Waals surface area (Å²) in [5.74, 6) is 2.38. The van der Waals surface area contributed by atoms with Crippen molar-refractivity contribution < 1.29 is 0 Å². The van der Waals surface area contributed by atoms with Crippen molar-refractivity contribution in [3.63, 3.8) is 0 Å². The van der Waals surface area contributed by atoms with Crippen molar-refractivity contribution in [1.29, 1.82) is 0 Å². The molecule has 5 heteroatoms. The summed E-state index contributed by atoms with van der Waals surface area (Å²) in [6.07, 6.45) is 0. The van der Waals surface area contributed by atoms with Crippen molar-refractivity contribution in [1.82, 2.24) is 14.9 Å². The Morgan fingerprint density at radius 3 is 2.40 bits per heavy atom. The van der Waals surface area contributed by atoms with Crippen LogP contribution >= 0.6 is 0 Å². The topological polar surface area (TPSA) is 53.1 Å². The van der Waals surface area contributed by atoms with Crippen LogP contribution in [-0.2, 0) is 0 Å². The van der Waals surface area contributed by atoms with Crippen molar-refractivity contribution in [3.05, 3.63) is 36.4 Å². The van der Waals surface area contributed by atoms with Crippen LogP contribution in [0.15, 0.2) is 36.4 Å². The van der Waals surface area contributed by atoms with E-state index in [1.807, 2.05) is 43.4 Å². The molecule has 2 N–H and O–H groups in total. The third kappa shape index (κ3) is 3.93. The van der Waals surface area contributed by atoms with Crippen LogP contribution in [0.3, 0.4) is 0 Å². The molecule has 106 valence electrons. The van der Waals surface area contributed by atoms with E-state index in [9.17, 15) is 0 Å². The molecule has 0 saturated carbocycles. The molecule has 20 heavy (non-hydrogen) atoms. The van der Waals surface area contributed by atoms with E-state index in [0.29, 0.717) is 0 Å². The molecule has 0 amide bonds. The lowest BCUT2D eigenvalue weighted by Crippen LogP contribution is -2.21. The van der Waals surface area contributed by atoms with Gasteiger partial charge >= 0.3 is 0 Å². The summed E-state index contributed by atoms with van der Waals surface area (Å²) in [6, 6.07) is 11.9. The Morgan fingerprint density at radius 2 is 1.75 bits per heavy atom. The average molecular weight is 271 g/mol. The van der Waals surface area contributed by atoms with Gasteiger partial charge in [0.05, 0.1) is 0 Å². The fourth-order valence-corrected chi connectivity index (χ4v) is 1.79. The van der Waals surface area contributed by atoms with Gasteiger partial charge < -0.3 is 15.5 Å². The Labute approximate surface area is 120 Å². The van der Waals surface area contributed by atoms with E-state index < -0.39 is 0 Å². The van der Waals surface area contributed by atoms with Crippen LogP contribution in [0.5, 0.6) is 0 Å². The van der Waals surface area contributed by atoms with Gasteiger partial charge in [0, 0.05) is 31.8 Å². The highest BCUT2D eigenvalue weighted by Gasteiger charge is 2.05. The molecule has 0 fully saturated rings. The van der Waals surface area contributed by atoms with Gasteiger partial charge in [0.1, 0.15) is 11.6 Å². The maximum atomic E-state index is 4.57. The van der Waals surface area contributed by atoms with Gasteiger partial charge in [-0.3, -0.25) is 0 Å². The van der Waals surface area contributed by atoms with Crippen LogP contribution in [0.25, 0.3) is 11.4 Å². The molecule has 0 atom stereocenters. The molecule has 0 bridgehead atoms. The van der Waals surface area contributed by atoms with E-state index in [4.69, 9.17) is 0 Å². The molecule has 1 aromatic carbocycles. The smallest absolute Gasteiger partial charge is 0.163 e.